The highest BCUT2D eigenvalue weighted by atomic mass is 31.1. The van der Waals surface area contributed by atoms with Crippen molar-refractivity contribution in [3.05, 3.63) is 30.2 Å². The van der Waals surface area contributed by atoms with Gasteiger partial charge in [0.15, 0.2) is 0 Å². The third-order valence-electron chi connectivity index (χ3n) is 2.06. The van der Waals surface area contributed by atoms with E-state index in [-0.39, 0.29) is 5.82 Å². The first-order valence-electron chi connectivity index (χ1n) is 4.60. The van der Waals surface area contributed by atoms with E-state index in [0.717, 1.165) is 0 Å². The molecule has 0 aliphatic heterocycles. The molecule has 0 spiro atoms. The molecule has 1 heterocycles. The maximum atomic E-state index is 12.2. The van der Waals surface area contributed by atoms with Gasteiger partial charge in [0.1, 0.15) is 0 Å². The molecule has 1 atom stereocenters. The van der Waals surface area contributed by atoms with Crippen LogP contribution in [0.2, 0.25) is 0 Å². The third kappa shape index (κ3) is 2.25. The van der Waals surface area contributed by atoms with Crippen LogP contribution in [0.25, 0.3) is 11.4 Å². The highest BCUT2D eigenvalue weighted by molar-refractivity contribution is 7.46. The summed E-state index contributed by atoms with van der Waals surface area (Å²) in [6, 6.07) is 7.44. The molecule has 6 heteroatoms. The molecule has 0 saturated carbocycles. The molecule has 0 bridgehead atoms. The SMILES string of the molecule is CPc1ccc(-c2noc(C(F)F)n2)cc1. The van der Waals surface area contributed by atoms with Crippen molar-refractivity contribution in [1.29, 1.82) is 0 Å². The van der Waals surface area contributed by atoms with Crippen molar-refractivity contribution in [1.82, 2.24) is 10.1 Å². The summed E-state index contributed by atoms with van der Waals surface area (Å²) >= 11 is 0. The lowest BCUT2D eigenvalue weighted by Crippen LogP contribution is -1.92. The molecule has 2 rings (SSSR count). The van der Waals surface area contributed by atoms with E-state index in [9.17, 15) is 8.78 Å². The number of alkyl halides is 2. The molecule has 3 nitrogen and oxygen atoms in total. The zero-order valence-electron chi connectivity index (χ0n) is 8.45. The molecule has 2 aromatic rings. The molecule has 0 amide bonds. The van der Waals surface area contributed by atoms with Crippen molar-refractivity contribution in [2.24, 2.45) is 0 Å². The van der Waals surface area contributed by atoms with E-state index in [0.29, 0.717) is 14.1 Å². The van der Waals surface area contributed by atoms with Gasteiger partial charge in [-0.15, -0.1) is 0 Å². The van der Waals surface area contributed by atoms with Crippen LogP contribution < -0.4 is 5.30 Å². The summed E-state index contributed by atoms with van der Waals surface area (Å²) in [5, 5.41) is 4.70. The third-order valence-corrected chi connectivity index (χ3v) is 2.97. The Hall–Kier alpha value is -1.35. The normalized spacial score (nSPS) is 11.8. The Bertz CT molecular complexity index is 470. The van der Waals surface area contributed by atoms with E-state index in [2.05, 4.69) is 21.3 Å². The van der Waals surface area contributed by atoms with Crippen molar-refractivity contribution in [3.63, 3.8) is 0 Å². The highest BCUT2D eigenvalue weighted by Crippen LogP contribution is 2.21. The first-order valence-corrected chi connectivity index (χ1v) is 6.10. The minimum Gasteiger partial charge on any atom is -0.333 e. The van der Waals surface area contributed by atoms with Crippen LogP contribution in [-0.4, -0.2) is 16.8 Å². The lowest BCUT2D eigenvalue weighted by molar-refractivity contribution is 0.106. The maximum Gasteiger partial charge on any atom is 0.315 e. The number of rotatable bonds is 3. The minimum atomic E-state index is -2.72. The van der Waals surface area contributed by atoms with Gasteiger partial charge in [0, 0.05) is 5.56 Å². The fraction of sp³-hybridized carbons (Fsp3) is 0.200. The summed E-state index contributed by atoms with van der Waals surface area (Å²) in [4.78, 5) is 3.61. The molecule has 84 valence electrons. The molecule has 0 aliphatic rings. The quantitative estimate of drug-likeness (QED) is 0.776. The molecule has 1 unspecified atom stereocenters. The average molecular weight is 242 g/mol. The van der Waals surface area contributed by atoms with Crippen molar-refractivity contribution >= 4 is 13.9 Å². The Morgan fingerprint density at radius 2 is 1.94 bits per heavy atom. The van der Waals surface area contributed by atoms with Crippen molar-refractivity contribution in [2.45, 2.75) is 6.43 Å². The summed E-state index contributed by atoms with van der Waals surface area (Å²) in [6.45, 7) is 2.07. The van der Waals surface area contributed by atoms with E-state index in [1.807, 2.05) is 12.1 Å². The van der Waals surface area contributed by atoms with Crippen molar-refractivity contribution in [2.75, 3.05) is 6.66 Å². The number of aromatic nitrogens is 2. The van der Waals surface area contributed by atoms with E-state index in [1.165, 1.54) is 5.30 Å². The monoisotopic (exact) mass is 242 g/mol. The summed E-state index contributed by atoms with van der Waals surface area (Å²) in [6.07, 6.45) is -2.72. The van der Waals surface area contributed by atoms with Gasteiger partial charge in [-0.3, -0.25) is 0 Å². The predicted octanol–water partition coefficient (Wildman–Crippen LogP) is 2.61. The highest BCUT2D eigenvalue weighted by Gasteiger charge is 2.16. The molecule has 0 aliphatic carbocycles. The van der Waals surface area contributed by atoms with Crippen LogP contribution in [0.3, 0.4) is 0 Å². The van der Waals surface area contributed by atoms with Gasteiger partial charge in [-0.05, 0) is 12.0 Å². The van der Waals surface area contributed by atoms with Crippen molar-refractivity contribution < 1.29 is 13.3 Å². The van der Waals surface area contributed by atoms with Gasteiger partial charge < -0.3 is 4.52 Å². The predicted molar refractivity (Wildman–Crippen MR) is 58.6 cm³/mol. The standard InChI is InChI=1S/C10H9F2N2OP/c1-16-7-4-2-6(3-5-7)9-13-10(8(11)12)15-14-9/h2-5,8,16H,1H3. The molecule has 0 saturated heterocycles. The Balaban J connectivity index is 2.28. The topological polar surface area (TPSA) is 38.9 Å². The van der Waals surface area contributed by atoms with Gasteiger partial charge >= 0.3 is 6.43 Å². The van der Waals surface area contributed by atoms with Crippen LogP contribution >= 0.6 is 8.58 Å². The van der Waals surface area contributed by atoms with E-state index >= 15 is 0 Å². The largest absolute Gasteiger partial charge is 0.333 e. The van der Waals surface area contributed by atoms with Crippen LogP contribution in [0.4, 0.5) is 8.78 Å². The summed E-state index contributed by atoms with van der Waals surface area (Å²) in [5.74, 6) is -0.447. The Morgan fingerprint density at radius 3 is 2.44 bits per heavy atom. The fourth-order valence-electron chi connectivity index (χ4n) is 1.23. The molecule has 1 aromatic heterocycles. The van der Waals surface area contributed by atoms with Crippen LogP contribution in [0.15, 0.2) is 28.8 Å². The molecule has 0 fully saturated rings. The van der Waals surface area contributed by atoms with Crippen LogP contribution in [-0.2, 0) is 0 Å². The van der Waals surface area contributed by atoms with Crippen LogP contribution in [0.5, 0.6) is 0 Å². The number of nitrogens with zero attached hydrogens (tertiary/aromatic N) is 2. The molecular formula is C10H9F2N2OP. The smallest absolute Gasteiger partial charge is 0.315 e. The average Bonchev–Trinajstić information content (AvgIpc) is 2.78. The summed E-state index contributed by atoms with van der Waals surface area (Å²) in [5.41, 5.74) is 0.678. The molecule has 16 heavy (non-hydrogen) atoms. The lowest BCUT2D eigenvalue weighted by atomic mass is 10.2. The van der Waals surface area contributed by atoms with E-state index < -0.39 is 12.3 Å². The van der Waals surface area contributed by atoms with Crippen molar-refractivity contribution in [3.8, 4) is 11.4 Å². The van der Waals surface area contributed by atoms with E-state index in [4.69, 9.17) is 0 Å². The van der Waals surface area contributed by atoms with Gasteiger partial charge in [0.2, 0.25) is 5.82 Å². The molecule has 0 radical (unpaired) electrons. The lowest BCUT2D eigenvalue weighted by Gasteiger charge is -1.97. The summed E-state index contributed by atoms with van der Waals surface area (Å²) in [7, 11) is 0.701. The van der Waals surface area contributed by atoms with Crippen LogP contribution in [0.1, 0.15) is 12.3 Å². The van der Waals surface area contributed by atoms with Gasteiger partial charge in [0.25, 0.3) is 5.89 Å². The number of hydrogen-bond acceptors (Lipinski definition) is 3. The second kappa shape index (κ2) is 4.66. The first kappa shape index (κ1) is 11.1. The zero-order valence-corrected chi connectivity index (χ0v) is 9.45. The second-order valence-electron chi connectivity index (χ2n) is 3.08. The second-order valence-corrected chi connectivity index (χ2v) is 4.16. The van der Waals surface area contributed by atoms with Gasteiger partial charge in [-0.2, -0.15) is 13.8 Å². The molecule has 0 N–H and O–H groups in total. The van der Waals surface area contributed by atoms with Gasteiger partial charge in [-0.1, -0.05) is 38.0 Å². The van der Waals surface area contributed by atoms with E-state index in [1.54, 1.807) is 12.1 Å². The number of benzene rings is 1. The van der Waals surface area contributed by atoms with Crippen LogP contribution in [0, 0.1) is 0 Å². The fourth-order valence-corrected chi connectivity index (χ4v) is 1.73. The molecule has 1 aromatic carbocycles. The van der Waals surface area contributed by atoms with Gasteiger partial charge in [0.05, 0.1) is 0 Å². The Kier molecular flexibility index (Phi) is 3.25. The van der Waals surface area contributed by atoms with Gasteiger partial charge in [-0.25, -0.2) is 0 Å². The Labute approximate surface area is 92.6 Å². The first-order chi connectivity index (χ1) is 7.70. The maximum absolute atomic E-state index is 12.2. The summed E-state index contributed by atoms with van der Waals surface area (Å²) < 4.78 is 28.9. The number of hydrogen-bond donors (Lipinski definition) is 0. The zero-order chi connectivity index (χ0) is 11.5. The minimum absolute atomic E-state index is 0.196. The molecular weight excluding hydrogens is 233 g/mol. The Morgan fingerprint density at radius 1 is 1.25 bits per heavy atom. The number of halogens is 2.